The van der Waals surface area contributed by atoms with Crippen LogP contribution in [0.15, 0.2) is 57.7 Å². The van der Waals surface area contributed by atoms with E-state index in [1.165, 1.54) is 0 Å². The Hall–Kier alpha value is -3.08. The number of fused-ring (bicyclic) bond motifs is 1. The number of aryl methyl sites for hydroxylation is 1. The molecule has 2 aromatic carbocycles. The van der Waals surface area contributed by atoms with E-state index in [0.29, 0.717) is 28.7 Å². The van der Waals surface area contributed by atoms with Gasteiger partial charge in [-0.2, -0.15) is 0 Å². The summed E-state index contributed by atoms with van der Waals surface area (Å²) in [4.78, 5) is 26.1. The molecule has 164 valence electrons. The molecule has 1 N–H and O–H groups in total. The number of nitrogens with one attached hydrogen (secondary N) is 1. The highest BCUT2D eigenvalue weighted by molar-refractivity contribution is 5.78. The minimum atomic E-state index is -0.625. The summed E-state index contributed by atoms with van der Waals surface area (Å²) >= 11 is 0. The molecule has 1 aromatic heterocycles. The van der Waals surface area contributed by atoms with Crippen LogP contribution in [0.1, 0.15) is 63.1 Å². The van der Waals surface area contributed by atoms with Gasteiger partial charge in [0.1, 0.15) is 16.9 Å². The van der Waals surface area contributed by atoms with Gasteiger partial charge in [-0.1, -0.05) is 50.2 Å². The molecule has 3 aromatic rings. The molecule has 31 heavy (non-hydrogen) atoms. The van der Waals surface area contributed by atoms with Gasteiger partial charge in [-0.05, 0) is 56.9 Å². The molecule has 0 unspecified atom stereocenters. The maximum atomic E-state index is 13.5. The van der Waals surface area contributed by atoms with E-state index in [0.717, 1.165) is 11.1 Å². The van der Waals surface area contributed by atoms with Gasteiger partial charge < -0.3 is 14.5 Å². The molecule has 0 fully saturated rings. The topological polar surface area (TPSA) is 68.5 Å². The number of alkyl carbamates (subject to hydrolysis) is 1. The van der Waals surface area contributed by atoms with Crippen molar-refractivity contribution in [2.24, 2.45) is 5.92 Å². The molecule has 0 aliphatic rings. The van der Waals surface area contributed by atoms with E-state index < -0.39 is 17.7 Å². The van der Waals surface area contributed by atoms with E-state index in [4.69, 9.17) is 9.15 Å². The molecule has 1 atom stereocenters. The predicted octanol–water partition coefficient (Wildman–Crippen LogP) is 5.91. The lowest BCUT2D eigenvalue weighted by molar-refractivity contribution is 0.0481. The van der Waals surface area contributed by atoms with E-state index in [1.807, 2.05) is 84.0 Å². The van der Waals surface area contributed by atoms with Crippen LogP contribution in [0.4, 0.5) is 4.79 Å². The van der Waals surface area contributed by atoms with Crippen molar-refractivity contribution in [3.8, 4) is 0 Å². The number of amides is 1. The Labute approximate surface area is 183 Å². The number of hydrogen-bond donors (Lipinski definition) is 1. The molecule has 0 bridgehead atoms. The maximum absolute atomic E-state index is 13.5. The Bertz CT molecular complexity index is 1120. The molecule has 0 aliphatic carbocycles. The van der Waals surface area contributed by atoms with Gasteiger partial charge in [0, 0.05) is 12.0 Å². The molecular weight excluding hydrogens is 390 g/mol. The second-order valence-corrected chi connectivity index (χ2v) is 9.30. The Morgan fingerprint density at radius 1 is 1.10 bits per heavy atom. The number of carbonyl (C=O) groups excluding carboxylic acids is 1. The third kappa shape index (κ3) is 5.54. The third-order valence-corrected chi connectivity index (χ3v) is 5.02. The van der Waals surface area contributed by atoms with E-state index >= 15 is 0 Å². The van der Waals surface area contributed by atoms with Crippen molar-refractivity contribution in [2.75, 3.05) is 0 Å². The van der Waals surface area contributed by atoms with Crippen LogP contribution in [-0.4, -0.2) is 11.7 Å². The summed E-state index contributed by atoms with van der Waals surface area (Å²) in [5, 5.41) is 3.47. The third-order valence-electron chi connectivity index (χ3n) is 5.02. The van der Waals surface area contributed by atoms with Crippen molar-refractivity contribution in [3.05, 3.63) is 81.2 Å². The summed E-state index contributed by atoms with van der Waals surface area (Å²) in [7, 11) is 0. The molecule has 3 rings (SSSR count). The van der Waals surface area contributed by atoms with Crippen LogP contribution < -0.4 is 10.7 Å². The number of rotatable bonds is 5. The molecule has 5 nitrogen and oxygen atoms in total. The van der Waals surface area contributed by atoms with Crippen molar-refractivity contribution < 1.29 is 13.9 Å². The highest BCUT2D eigenvalue weighted by Gasteiger charge is 2.28. The van der Waals surface area contributed by atoms with Gasteiger partial charge in [0.05, 0.1) is 11.4 Å². The van der Waals surface area contributed by atoms with Crippen molar-refractivity contribution in [3.63, 3.8) is 0 Å². The SMILES string of the molecule is Cc1ccc2c(=O)c(Cc3ccccc3)c([C@H](NC(=O)OC(C)(C)C)C(C)C)oc2c1. The quantitative estimate of drug-likeness (QED) is 0.556. The summed E-state index contributed by atoms with van der Waals surface area (Å²) in [6.45, 7) is 11.4. The molecule has 1 amide bonds. The first-order valence-corrected chi connectivity index (χ1v) is 10.6. The van der Waals surface area contributed by atoms with E-state index in [9.17, 15) is 9.59 Å². The van der Waals surface area contributed by atoms with Gasteiger partial charge in [0.2, 0.25) is 0 Å². The van der Waals surface area contributed by atoms with Gasteiger partial charge in [0.15, 0.2) is 5.43 Å². The maximum Gasteiger partial charge on any atom is 0.408 e. The first kappa shape index (κ1) is 22.6. The Morgan fingerprint density at radius 3 is 2.39 bits per heavy atom. The lowest BCUT2D eigenvalue weighted by Gasteiger charge is -2.26. The monoisotopic (exact) mass is 421 g/mol. The molecule has 1 heterocycles. The second kappa shape index (κ2) is 8.96. The average Bonchev–Trinajstić information content (AvgIpc) is 2.67. The zero-order valence-electron chi connectivity index (χ0n) is 19.1. The summed E-state index contributed by atoms with van der Waals surface area (Å²) in [5.74, 6) is 0.459. The van der Waals surface area contributed by atoms with Crippen LogP contribution in [0.25, 0.3) is 11.0 Å². The highest BCUT2D eigenvalue weighted by atomic mass is 16.6. The molecule has 0 spiro atoms. The fraction of sp³-hybridized carbons (Fsp3) is 0.385. The summed E-state index contributed by atoms with van der Waals surface area (Å²) in [6, 6.07) is 14.9. The number of hydrogen-bond acceptors (Lipinski definition) is 4. The number of benzene rings is 2. The zero-order chi connectivity index (χ0) is 22.8. The minimum Gasteiger partial charge on any atom is -0.458 e. The van der Waals surface area contributed by atoms with Crippen LogP contribution in [-0.2, 0) is 11.2 Å². The number of ether oxygens (including phenoxy) is 1. The average molecular weight is 422 g/mol. The minimum absolute atomic E-state index is 0.0209. The van der Waals surface area contributed by atoms with Crippen LogP contribution in [0.2, 0.25) is 0 Å². The zero-order valence-corrected chi connectivity index (χ0v) is 19.1. The summed E-state index contributed by atoms with van der Waals surface area (Å²) in [6.07, 6.45) is -0.120. The molecular formula is C26H31NO4. The first-order chi connectivity index (χ1) is 14.5. The molecule has 5 heteroatoms. The van der Waals surface area contributed by atoms with Gasteiger partial charge in [-0.3, -0.25) is 4.79 Å². The highest BCUT2D eigenvalue weighted by Crippen LogP contribution is 2.29. The molecule has 0 aliphatic heterocycles. The van der Waals surface area contributed by atoms with Crippen molar-refractivity contribution in [1.29, 1.82) is 0 Å². The Balaban J connectivity index is 2.15. The van der Waals surface area contributed by atoms with Gasteiger partial charge in [-0.15, -0.1) is 0 Å². The van der Waals surface area contributed by atoms with Crippen molar-refractivity contribution >= 4 is 17.1 Å². The van der Waals surface area contributed by atoms with Crippen LogP contribution in [0.5, 0.6) is 0 Å². The Kier molecular flexibility index (Phi) is 6.54. The molecule has 0 saturated carbocycles. The Morgan fingerprint density at radius 2 is 1.77 bits per heavy atom. The molecule has 0 saturated heterocycles. The smallest absolute Gasteiger partial charge is 0.408 e. The normalized spacial score (nSPS) is 12.7. The summed E-state index contributed by atoms with van der Waals surface area (Å²) in [5.41, 5.74) is 2.38. The fourth-order valence-electron chi connectivity index (χ4n) is 3.54. The van der Waals surface area contributed by atoms with Gasteiger partial charge in [0.25, 0.3) is 0 Å². The van der Waals surface area contributed by atoms with Crippen LogP contribution >= 0.6 is 0 Å². The summed E-state index contributed by atoms with van der Waals surface area (Å²) < 4.78 is 11.8. The van der Waals surface area contributed by atoms with Gasteiger partial charge in [-0.25, -0.2) is 4.79 Å². The lowest BCUT2D eigenvalue weighted by atomic mass is 9.93. The molecule has 0 radical (unpaired) electrons. The standard InChI is InChI=1S/C26H31NO4/c1-16(2)22(27-25(29)31-26(4,5)6)24-20(15-18-10-8-7-9-11-18)23(28)19-13-12-17(3)14-21(19)30-24/h7-14,16,22H,15H2,1-6H3,(H,27,29)/t22-/m1/s1. The predicted molar refractivity (Wildman–Crippen MR) is 123 cm³/mol. The second-order valence-electron chi connectivity index (χ2n) is 9.30. The fourth-order valence-corrected chi connectivity index (χ4v) is 3.54. The van der Waals surface area contributed by atoms with Crippen LogP contribution in [0.3, 0.4) is 0 Å². The van der Waals surface area contributed by atoms with E-state index in [-0.39, 0.29) is 11.3 Å². The largest absolute Gasteiger partial charge is 0.458 e. The lowest BCUT2D eigenvalue weighted by Crippen LogP contribution is -2.37. The van der Waals surface area contributed by atoms with Crippen molar-refractivity contribution in [2.45, 2.75) is 59.6 Å². The van der Waals surface area contributed by atoms with E-state index in [2.05, 4.69) is 5.32 Å². The van der Waals surface area contributed by atoms with Crippen molar-refractivity contribution in [1.82, 2.24) is 5.32 Å². The van der Waals surface area contributed by atoms with Crippen LogP contribution in [0, 0.1) is 12.8 Å². The van der Waals surface area contributed by atoms with Gasteiger partial charge >= 0.3 is 6.09 Å². The van der Waals surface area contributed by atoms with E-state index in [1.54, 1.807) is 6.07 Å². The first-order valence-electron chi connectivity index (χ1n) is 10.6. The number of carbonyl (C=O) groups is 1.